The molecule has 0 radical (unpaired) electrons. The molecule has 1 rings (SSSR count). The van der Waals surface area contributed by atoms with Gasteiger partial charge in [-0.25, -0.2) is 0 Å². The molecule has 0 aliphatic rings. The lowest BCUT2D eigenvalue weighted by Crippen LogP contribution is -2.23. The second-order valence-corrected chi connectivity index (χ2v) is 5.04. The smallest absolute Gasteiger partial charge is 0.185 e. The lowest BCUT2D eigenvalue weighted by Gasteiger charge is -2.03. The van der Waals surface area contributed by atoms with Crippen LogP contribution in [0.3, 0.4) is 0 Å². The Labute approximate surface area is 109 Å². The van der Waals surface area contributed by atoms with Crippen molar-refractivity contribution in [2.24, 2.45) is 16.5 Å². The van der Waals surface area contributed by atoms with E-state index in [0.717, 1.165) is 17.1 Å². The van der Waals surface area contributed by atoms with E-state index in [4.69, 9.17) is 34.7 Å². The predicted octanol–water partition coefficient (Wildman–Crippen LogP) is 2.50. The maximum absolute atomic E-state index is 6.03. The third kappa shape index (κ3) is 4.96. The molecular weight excluding hydrogens is 265 g/mol. The molecule has 0 atom stereocenters. The van der Waals surface area contributed by atoms with Gasteiger partial charge in [-0.15, -0.1) is 0 Å². The Bertz CT molecular complexity index is 378. The van der Waals surface area contributed by atoms with E-state index in [0.29, 0.717) is 16.6 Å². The monoisotopic (exact) mass is 277 g/mol. The van der Waals surface area contributed by atoms with E-state index < -0.39 is 0 Å². The minimum atomic E-state index is 0.130. The molecule has 0 spiro atoms. The largest absolute Gasteiger partial charge is 0.370 e. The van der Waals surface area contributed by atoms with Crippen molar-refractivity contribution in [3.63, 3.8) is 0 Å². The van der Waals surface area contributed by atoms with Crippen molar-refractivity contribution in [1.29, 1.82) is 0 Å². The SMILES string of the molecule is NC(N)=NCCSCc1ccc(Cl)cc1Cl. The van der Waals surface area contributed by atoms with E-state index in [9.17, 15) is 0 Å². The van der Waals surface area contributed by atoms with Crippen LogP contribution in [0.15, 0.2) is 23.2 Å². The highest BCUT2D eigenvalue weighted by atomic mass is 35.5. The minimum Gasteiger partial charge on any atom is -0.370 e. The second kappa shape index (κ2) is 6.89. The standard InChI is InChI=1S/C10H13Cl2N3S/c11-8-2-1-7(9(12)5-8)6-16-4-3-15-10(13)14/h1-2,5H,3-4,6H2,(H4,13,14,15). The van der Waals surface area contributed by atoms with Crippen molar-refractivity contribution in [2.45, 2.75) is 5.75 Å². The quantitative estimate of drug-likeness (QED) is 0.494. The molecule has 0 bridgehead atoms. The van der Waals surface area contributed by atoms with Crippen molar-refractivity contribution in [3.8, 4) is 0 Å². The molecule has 0 amide bonds. The predicted molar refractivity (Wildman–Crippen MR) is 73.3 cm³/mol. The summed E-state index contributed by atoms with van der Waals surface area (Å²) in [4.78, 5) is 3.89. The summed E-state index contributed by atoms with van der Waals surface area (Å²) < 4.78 is 0. The zero-order valence-corrected chi connectivity index (χ0v) is 10.9. The molecule has 0 aromatic heterocycles. The third-order valence-corrected chi connectivity index (χ3v) is 3.38. The molecule has 0 unspecified atom stereocenters. The first-order valence-electron chi connectivity index (χ1n) is 4.66. The number of guanidine groups is 1. The van der Waals surface area contributed by atoms with Crippen LogP contribution in [0.5, 0.6) is 0 Å². The van der Waals surface area contributed by atoms with Gasteiger partial charge in [-0.1, -0.05) is 29.3 Å². The zero-order valence-electron chi connectivity index (χ0n) is 8.62. The molecule has 0 saturated carbocycles. The minimum absolute atomic E-state index is 0.130. The van der Waals surface area contributed by atoms with Gasteiger partial charge in [-0.3, -0.25) is 4.99 Å². The van der Waals surface area contributed by atoms with Gasteiger partial charge in [0.15, 0.2) is 5.96 Å². The summed E-state index contributed by atoms with van der Waals surface area (Å²) in [6.07, 6.45) is 0. The van der Waals surface area contributed by atoms with E-state index in [1.54, 1.807) is 17.8 Å². The van der Waals surface area contributed by atoms with Gasteiger partial charge in [-0.05, 0) is 17.7 Å². The fourth-order valence-electron chi connectivity index (χ4n) is 1.06. The van der Waals surface area contributed by atoms with Crippen molar-refractivity contribution in [2.75, 3.05) is 12.3 Å². The molecule has 0 aliphatic carbocycles. The second-order valence-electron chi connectivity index (χ2n) is 3.09. The van der Waals surface area contributed by atoms with E-state index in [-0.39, 0.29) is 5.96 Å². The number of nitrogens with two attached hydrogens (primary N) is 2. The van der Waals surface area contributed by atoms with Crippen molar-refractivity contribution in [3.05, 3.63) is 33.8 Å². The lowest BCUT2D eigenvalue weighted by molar-refractivity contribution is 1.12. The molecule has 16 heavy (non-hydrogen) atoms. The summed E-state index contributed by atoms with van der Waals surface area (Å²) in [5.41, 5.74) is 11.5. The Morgan fingerprint density at radius 3 is 2.69 bits per heavy atom. The van der Waals surface area contributed by atoms with Gasteiger partial charge in [0.2, 0.25) is 0 Å². The Kier molecular flexibility index (Phi) is 5.80. The van der Waals surface area contributed by atoms with Crippen LogP contribution in [-0.4, -0.2) is 18.3 Å². The van der Waals surface area contributed by atoms with Crippen LogP contribution in [0.2, 0.25) is 10.0 Å². The van der Waals surface area contributed by atoms with Crippen molar-refractivity contribution >= 4 is 40.9 Å². The summed E-state index contributed by atoms with van der Waals surface area (Å²) in [6.45, 7) is 0.623. The van der Waals surface area contributed by atoms with Crippen LogP contribution >= 0.6 is 35.0 Å². The van der Waals surface area contributed by atoms with E-state index in [1.807, 2.05) is 12.1 Å². The van der Waals surface area contributed by atoms with Crippen LogP contribution < -0.4 is 11.5 Å². The molecule has 1 aromatic carbocycles. The summed E-state index contributed by atoms with van der Waals surface area (Å²) in [5, 5.41) is 1.35. The molecule has 0 fully saturated rings. The molecule has 1 aromatic rings. The third-order valence-electron chi connectivity index (χ3n) is 1.80. The number of halogens is 2. The molecule has 0 heterocycles. The molecule has 88 valence electrons. The molecule has 4 N–H and O–H groups in total. The summed E-state index contributed by atoms with van der Waals surface area (Å²) in [5.74, 6) is 1.82. The molecular formula is C10H13Cl2N3S. The molecule has 3 nitrogen and oxygen atoms in total. The van der Waals surface area contributed by atoms with Crippen LogP contribution in [0.1, 0.15) is 5.56 Å². The number of hydrogen-bond donors (Lipinski definition) is 2. The number of hydrogen-bond acceptors (Lipinski definition) is 2. The van der Waals surface area contributed by atoms with Gasteiger partial charge >= 0.3 is 0 Å². The summed E-state index contributed by atoms with van der Waals surface area (Å²) >= 11 is 13.5. The van der Waals surface area contributed by atoms with E-state index in [1.165, 1.54) is 0 Å². The maximum atomic E-state index is 6.03. The Hall–Kier alpha value is -0.580. The first-order chi connectivity index (χ1) is 7.59. The van der Waals surface area contributed by atoms with Crippen molar-refractivity contribution in [1.82, 2.24) is 0 Å². The summed E-state index contributed by atoms with van der Waals surface area (Å²) in [7, 11) is 0. The summed E-state index contributed by atoms with van der Waals surface area (Å²) in [6, 6.07) is 5.51. The Morgan fingerprint density at radius 2 is 2.06 bits per heavy atom. The van der Waals surface area contributed by atoms with Crippen LogP contribution in [0.4, 0.5) is 0 Å². The topological polar surface area (TPSA) is 64.4 Å². The maximum Gasteiger partial charge on any atom is 0.185 e. The van der Waals surface area contributed by atoms with Gasteiger partial charge in [-0.2, -0.15) is 11.8 Å². The number of nitrogens with zero attached hydrogens (tertiary/aromatic N) is 1. The normalized spacial score (nSPS) is 10.1. The van der Waals surface area contributed by atoms with Crippen molar-refractivity contribution < 1.29 is 0 Å². The lowest BCUT2D eigenvalue weighted by atomic mass is 10.2. The zero-order chi connectivity index (χ0) is 12.0. The highest BCUT2D eigenvalue weighted by molar-refractivity contribution is 7.98. The van der Waals surface area contributed by atoms with Gasteiger partial charge in [0.25, 0.3) is 0 Å². The van der Waals surface area contributed by atoms with Gasteiger partial charge < -0.3 is 11.5 Å². The first-order valence-corrected chi connectivity index (χ1v) is 6.57. The van der Waals surface area contributed by atoms with Crippen LogP contribution in [0, 0.1) is 0 Å². The number of aliphatic imine (C=N–C) groups is 1. The number of benzene rings is 1. The van der Waals surface area contributed by atoms with E-state index in [2.05, 4.69) is 4.99 Å². The van der Waals surface area contributed by atoms with Gasteiger partial charge in [0, 0.05) is 21.6 Å². The first kappa shape index (κ1) is 13.5. The fraction of sp³-hybridized carbons (Fsp3) is 0.300. The molecule has 0 aliphatic heterocycles. The van der Waals surface area contributed by atoms with Gasteiger partial charge in [0.05, 0.1) is 6.54 Å². The average Bonchev–Trinajstić information content (AvgIpc) is 2.20. The Balaban J connectivity index is 2.35. The van der Waals surface area contributed by atoms with Crippen LogP contribution in [0.25, 0.3) is 0 Å². The number of thioether (sulfide) groups is 1. The highest BCUT2D eigenvalue weighted by Gasteiger charge is 2.00. The molecule has 0 saturated heterocycles. The van der Waals surface area contributed by atoms with Crippen LogP contribution in [-0.2, 0) is 5.75 Å². The number of rotatable bonds is 5. The van der Waals surface area contributed by atoms with E-state index >= 15 is 0 Å². The molecule has 6 heteroatoms. The van der Waals surface area contributed by atoms with Gasteiger partial charge in [0.1, 0.15) is 0 Å². The average molecular weight is 278 g/mol. The highest BCUT2D eigenvalue weighted by Crippen LogP contribution is 2.24. The Morgan fingerprint density at radius 1 is 1.31 bits per heavy atom. The fourth-order valence-corrected chi connectivity index (χ4v) is 2.45.